The summed E-state index contributed by atoms with van der Waals surface area (Å²) < 4.78 is 16.2. The molecule has 0 saturated heterocycles. The van der Waals surface area contributed by atoms with Crippen LogP contribution in [0.2, 0.25) is 0 Å². The zero-order valence-electron chi connectivity index (χ0n) is 13.8. The summed E-state index contributed by atoms with van der Waals surface area (Å²) in [6.45, 7) is 10.8. The van der Waals surface area contributed by atoms with E-state index in [1.54, 1.807) is 0 Å². The van der Waals surface area contributed by atoms with Crippen LogP contribution in [0.1, 0.15) is 33.6 Å². The Hall–Kier alpha value is -0.690. The van der Waals surface area contributed by atoms with E-state index < -0.39 is 5.41 Å². The molecule has 0 spiro atoms. The van der Waals surface area contributed by atoms with Crippen LogP contribution in [-0.4, -0.2) is 58.6 Å². The van der Waals surface area contributed by atoms with Gasteiger partial charge in [0.15, 0.2) is 0 Å². The number of nitrogens with one attached hydrogen (secondary N) is 1. The first kappa shape index (κ1) is 20.3. The summed E-state index contributed by atoms with van der Waals surface area (Å²) in [6.07, 6.45) is 2.25. The summed E-state index contributed by atoms with van der Waals surface area (Å²) >= 11 is 0. The standard InChI is InChI=1S/C15H32N2O4/c1-4-5-7-19-9-11-21-12-10-20-8-6-17-13-15(2,3)14(16)18/h17H,4-13H2,1-3H3,(H2,16,18). The largest absolute Gasteiger partial charge is 0.379 e. The Morgan fingerprint density at radius 3 is 2.05 bits per heavy atom. The van der Waals surface area contributed by atoms with Crippen molar-refractivity contribution in [1.82, 2.24) is 5.32 Å². The summed E-state index contributed by atoms with van der Waals surface area (Å²) in [5.74, 6) is -0.300. The monoisotopic (exact) mass is 304 g/mol. The van der Waals surface area contributed by atoms with E-state index in [1.807, 2.05) is 13.8 Å². The molecule has 0 aromatic rings. The SMILES string of the molecule is CCCCOCCOCCOCCNCC(C)(C)C(N)=O. The lowest BCUT2D eigenvalue weighted by atomic mass is 9.93. The lowest BCUT2D eigenvalue weighted by Gasteiger charge is -2.20. The van der Waals surface area contributed by atoms with E-state index in [0.717, 1.165) is 19.4 Å². The van der Waals surface area contributed by atoms with Crippen LogP contribution in [0.25, 0.3) is 0 Å². The Morgan fingerprint density at radius 1 is 1.00 bits per heavy atom. The van der Waals surface area contributed by atoms with Crippen LogP contribution >= 0.6 is 0 Å². The molecule has 0 unspecified atom stereocenters. The van der Waals surface area contributed by atoms with Crippen LogP contribution in [0.3, 0.4) is 0 Å². The molecule has 0 aliphatic carbocycles. The highest BCUT2D eigenvalue weighted by Crippen LogP contribution is 2.11. The number of nitrogens with two attached hydrogens (primary N) is 1. The van der Waals surface area contributed by atoms with Gasteiger partial charge in [0.1, 0.15) is 0 Å². The molecule has 0 saturated carbocycles. The topological polar surface area (TPSA) is 82.8 Å². The van der Waals surface area contributed by atoms with Gasteiger partial charge in [-0.2, -0.15) is 0 Å². The molecule has 1 amide bonds. The average molecular weight is 304 g/mol. The fourth-order valence-corrected chi connectivity index (χ4v) is 1.42. The number of carbonyl (C=O) groups is 1. The molecule has 0 atom stereocenters. The summed E-state index contributed by atoms with van der Waals surface area (Å²) in [7, 11) is 0. The first-order chi connectivity index (χ1) is 10.0. The summed E-state index contributed by atoms with van der Waals surface area (Å²) in [6, 6.07) is 0. The highest BCUT2D eigenvalue weighted by Gasteiger charge is 2.23. The molecule has 0 bridgehead atoms. The van der Waals surface area contributed by atoms with Crippen molar-refractivity contribution in [1.29, 1.82) is 0 Å². The van der Waals surface area contributed by atoms with Gasteiger partial charge in [0.05, 0.1) is 38.4 Å². The van der Waals surface area contributed by atoms with E-state index in [2.05, 4.69) is 12.2 Å². The third-order valence-electron chi connectivity index (χ3n) is 3.04. The quantitative estimate of drug-likeness (QED) is 0.440. The van der Waals surface area contributed by atoms with Crippen LogP contribution in [0.4, 0.5) is 0 Å². The molecule has 0 radical (unpaired) electrons. The van der Waals surface area contributed by atoms with E-state index in [9.17, 15) is 4.79 Å². The number of rotatable bonds is 15. The number of primary amides is 1. The van der Waals surface area contributed by atoms with Gasteiger partial charge in [-0.3, -0.25) is 4.79 Å². The Kier molecular flexibility index (Phi) is 12.6. The van der Waals surface area contributed by atoms with Gasteiger partial charge in [0.2, 0.25) is 5.91 Å². The predicted molar refractivity (Wildman–Crippen MR) is 83.2 cm³/mol. The van der Waals surface area contributed by atoms with Crippen LogP contribution in [0.5, 0.6) is 0 Å². The molecule has 0 aromatic heterocycles. The number of hydrogen-bond acceptors (Lipinski definition) is 5. The first-order valence-electron chi connectivity index (χ1n) is 7.74. The van der Waals surface area contributed by atoms with E-state index in [-0.39, 0.29) is 5.91 Å². The number of ether oxygens (including phenoxy) is 3. The lowest BCUT2D eigenvalue weighted by molar-refractivity contribution is -0.125. The molecular formula is C15H32N2O4. The zero-order chi connectivity index (χ0) is 16.0. The van der Waals surface area contributed by atoms with Crippen molar-refractivity contribution in [3.63, 3.8) is 0 Å². The molecular weight excluding hydrogens is 272 g/mol. The van der Waals surface area contributed by atoms with Gasteiger partial charge >= 0.3 is 0 Å². The van der Waals surface area contributed by atoms with Gasteiger partial charge in [-0.15, -0.1) is 0 Å². The molecule has 0 fully saturated rings. The van der Waals surface area contributed by atoms with Crippen molar-refractivity contribution in [3.05, 3.63) is 0 Å². The highest BCUT2D eigenvalue weighted by atomic mass is 16.5. The maximum absolute atomic E-state index is 11.1. The maximum atomic E-state index is 11.1. The molecule has 21 heavy (non-hydrogen) atoms. The summed E-state index contributed by atoms with van der Waals surface area (Å²) in [4.78, 5) is 11.1. The van der Waals surface area contributed by atoms with E-state index in [0.29, 0.717) is 46.1 Å². The molecule has 6 heteroatoms. The van der Waals surface area contributed by atoms with Crippen molar-refractivity contribution < 1.29 is 19.0 Å². The van der Waals surface area contributed by atoms with E-state index in [4.69, 9.17) is 19.9 Å². The first-order valence-corrected chi connectivity index (χ1v) is 7.74. The van der Waals surface area contributed by atoms with E-state index >= 15 is 0 Å². The molecule has 0 rings (SSSR count). The Balaban J connectivity index is 3.18. The minimum absolute atomic E-state index is 0.300. The van der Waals surface area contributed by atoms with Crippen LogP contribution in [-0.2, 0) is 19.0 Å². The van der Waals surface area contributed by atoms with Gasteiger partial charge < -0.3 is 25.3 Å². The highest BCUT2D eigenvalue weighted by molar-refractivity contribution is 5.80. The fraction of sp³-hybridized carbons (Fsp3) is 0.933. The van der Waals surface area contributed by atoms with Crippen molar-refractivity contribution in [2.24, 2.45) is 11.1 Å². The zero-order valence-corrected chi connectivity index (χ0v) is 13.8. The Morgan fingerprint density at radius 2 is 1.52 bits per heavy atom. The smallest absolute Gasteiger partial charge is 0.224 e. The van der Waals surface area contributed by atoms with Crippen LogP contribution in [0, 0.1) is 5.41 Å². The number of carbonyl (C=O) groups excluding carboxylic acids is 1. The summed E-state index contributed by atoms with van der Waals surface area (Å²) in [5.41, 5.74) is 4.75. The van der Waals surface area contributed by atoms with Crippen molar-refractivity contribution >= 4 is 5.91 Å². The molecule has 0 aliphatic heterocycles. The van der Waals surface area contributed by atoms with E-state index in [1.165, 1.54) is 0 Å². The number of hydrogen-bond donors (Lipinski definition) is 2. The van der Waals surface area contributed by atoms with Crippen molar-refractivity contribution in [3.8, 4) is 0 Å². The molecule has 3 N–H and O–H groups in total. The van der Waals surface area contributed by atoms with Gasteiger partial charge in [0, 0.05) is 19.7 Å². The van der Waals surface area contributed by atoms with Crippen LogP contribution in [0.15, 0.2) is 0 Å². The lowest BCUT2D eigenvalue weighted by Crippen LogP contribution is -2.41. The number of unbranched alkanes of at least 4 members (excludes halogenated alkanes) is 1. The molecule has 6 nitrogen and oxygen atoms in total. The molecule has 0 heterocycles. The summed E-state index contributed by atoms with van der Waals surface area (Å²) in [5, 5.41) is 3.15. The van der Waals surface area contributed by atoms with Gasteiger partial charge in [-0.1, -0.05) is 13.3 Å². The Bertz CT molecular complexity index is 260. The maximum Gasteiger partial charge on any atom is 0.224 e. The van der Waals surface area contributed by atoms with Gasteiger partial charge in [-0.25, -0.2) is 0 Å². The molecule has 126 valence electrons. The van der Waals surface area contributed by atoms with Crippen molar-refractivity contribution in [2.75, 3.05) is 52.7 Å². The Labute approximate surface area is 128 Å². The van der Waals surface area contributed by atoms with Gasteiger partial charge in [0.25, 0.3) is 0 Å². The number of amides is 1. The second kappa shape index (κ2) is 13.0. The minimum Gasteiger partial charge on any atom is -0.379 e. The third-order valence-corrected chi connectivity index (χ3v) is 3.04. The van der Waals surface area contributed by atoms with Crippen molar-refractivity contribution in [2.45, 2.75) is 33.6 Å². The second-order valence-electron chi connectivity index (χ2n) is 5.62. The third kappa shape index (κ3) is 12.7. The second-order valence-corrected chi connectivity index (χ2v) is 5.62. The van der Waals surface area contributed by atoms with Gasteiger partial charge in [-0.05, 0) is 20.3 Å². The predicted octanol–water partition coefficient (Wildman–Crippen LogP) is 0.937. The normalized spacial score (nSPS) is 11.8. The fourth-order valence-electron chi connectivity index (χ4n) is 1.42. The molecule has 0 aromatic carbocycles. The average Bonchev–Trinajstić information content (AvgIpc) is 2.43. The minimum atomic E-state index is -0.527. The van der Waals surface area contributed by atoms with Crippen LogP contribution < -0.4 is 11.1 Å². The molecule has 0 aliphatic rings.